The molecular weight excluding hydrogens is 221 g/mol. The zero-order valence-electron chi connectivity index (χ0n) is 6.09. The van der Waals surface area contributed by atoms with Crippen LogP contribution in [0.5, 0.6) is 0 Å². The summed E-state index contributed by atoms with van der Waals surface area (Å²) in [6.07, 6.45) is 0. The molecule has 1 aromatic carbocycles. The van der Waals surface area contributed by atoms with Crippen LogP contribution in [-0.2, 0) is 0 Å². The van der Waals surface area contributed by atoms with Crippen molar-refractivity contribution in [2.75, 3.05) is 0 Å². The fourth-order valence-electron chi connectivity index (χ4n) is 1.07. The summed E-state index contributed by atoms with van der Waals surface area (Å²) in [7, 11) is 0. The second-order valence-corrected chi connectivity index (χ2v) is 3.28. The number of fused-ring (bicyclic) bond motifs is 1. The van der Waals surface area contributed by atoms with Crippen LogP contribution < -0.4 is 0 Å². The number of hydrogen-bond donors (Lipinski definition) is 0. The summed E-state index contributed by atoms with van der Waals surface area (Å²) in [5, 5.41) is 0.944. The highest BCUT2D eigenvalue weighted by molar-refractivity contribution is 9.10. The number of rotatable bonds is 0. The average molecular weight is 226 g/mol. The number of pyridine rings is 1. The van der Waals surface area contributed by atoms with Crippen molar-refractivity contribution in [3.05, 3.63) is 40.8 Å². The summed E-state index contributed by atoms with van der Waals surface area (Å²) in [6.45, 7) is 0. The van der Waals surface area contributed by atoms with Crippen LogP contribution in [0.25, 0.3) is 10.9 Å². The van der Waals surface area contributed by atoms with Crippen molar-refractivity contribution < 1.29 is 4.39 Å². The number of aromatic nitrogens is 1. The molecule has 0 bridgehead atoms. The van der Waals surface area contributed by atoms with Crippen molar-refractivity contribution in [2.45, 2.75) is 0 Å². The fraction of sp³-hybridized carbons (Fsp3) is 0. The molecule has 0 N–H and O–H groups in total. The van der Waals surface area contributed by atoms with Gasteiger partial charge in [-0.3, -0.25) is 0 Å². The van der Waals surface area contributed by atoms with E-state index in [1.807, 2.05) is 12.1 Å². The largest absolute Gasteiger partial charge is 0.241 e. The van der Waals surface area contributed by atoms with E-state index in [4.69, 9.17) is 0 Å². The van der Waals surface area contributed by atoms with Gasteiger partial charge in [0, 0.05) is 11.5 Å². The lowest BCUT2D eigenvalue weighted by Crippen LogP contribution is -1.80. The van der Waals surface area contributed by atoms with E-state index in [2.05, 4.69) is 20.9 Å². The first-order valence-corrected chi connectivity index (χ1v) is 4.27. The third-order valence-electron chi connectivity index (χ3n) is 1.62. The predicted molar refractivity (Wildman–Crippen MR) is 49.4 cm³/mol. The smallest absolute Gasteiger partial charge is 0.125 e. The van der Waals surface area contributed by atoms with Gasteiger partial charge in [0.2, 0.25) is 0 Å². The van der Waals surface area contributed by atoms with Gasteiger partial charge in [0.05, 0.1) is 5.52 Å². The first-order chi connectivity index (χ1) is 5.75. The van der Waals surface area contributed by atoms with E-state index < -0.39 is 0 Å². The van der Waals surface area contributed by atoms with Crippen LogP contribution in [0.2, 0.25) is 0 Å². The van der Waals surface area contributed by atoms with Crippen molar-refractivity contribution in [1.82, 2.24) is 4.98 Å². The fourth-order valence-corrected chi connectivity index (χ4v) is 1.39. The predicted octanol–water partition coefficient (Wildman–Crippen LogP) is 3.14. The molecule has 0 saturated heterocycles. The Kier molecular flexibility index (Phi) is 1.81. The van der Waals surface area contributed by atoms with E-state index in [-0.39, 0.29) is 5.82 Å². The molecule has 0 amide bonds. The molecule has 1 aromatic heterocycles. The van der Waals surface area contributed by atoms with E-state index in [0.717, 1.165) is 9.99 Å². The molecular formula is C9H5BrFN. The molecule has 60 valence electrons. The van der Waals surface area contributed by atoms with Gasteiger partial charge >= 0.3 is 0 Å². The molecule has 0 aliphatic carbocycles. The number of nitrogens with zero attached hydrogens (tertiary/aromatic N) is 1. The first kappa shape index (κ1) is 7.68. The Morgan fingerprint density at radius 2 is 1.92 bits per heavy atom. The number of benzene rings is 1. The summed E-state index contributed by atoms with van der Waals surface area (Å²) >= 11 is 3.22. The van der Waals surface area contributed by atoms with Crippen LogP contribution in [0.1, 0.15) is 0 Å². The maximum absolute atomic E-state index is 12.7. The second-order valence-electron chi connectivity index (χ2n) is 2.47. The maximum atomic E-state index is 12.7. The minimum absolute atomic E-state index is 0.256. The van der Waals surface area contributed by atoms with Crippen molar-refractivity contribution in [1.29, 1.82) is 0 Å². The summed E-state index contributed by atoms with van der Waals surface area (Å²) in [4.78, 5) is 4.11. The molecule has 0 saturated carbocycles. The van der Waals surface area contributed by atoms with Crippen molar-refractivity contribution in [2.24, 2.45) is 0 Å². The highest BCUT2D eigenvalue weighted by Crippen LogP contribution is 2.16. The number of halogens is 2. The lowest BCUT2D eigenvalue weighted by molar-refractivity contribution is 0.629. The summed E-state index contributed by atoms with van der Waals surface area (Å²) in [6, 6.07) is 8.29. The lowest BCUT2D eigenvalue weighted by atomic mass is 10.2. The van der Waals surface area contributed by atoms with Gasteiger partial charge in [-0.2, -0.15) is 0 Å². The van der Waals surface area contributed by atoms with Gasteiger partial charge in [-0.15, -0.1) is 0 Å². The van der Waals surface area contributed by atoms with E-state index >= 15 is 0 Å². The van der Waals surface area contributed by atoms with Crippen LogP contribution in [0.4, 0.5) is 4.39 Å². The van der Waals surface area contributed by atoms with Crippen LogP contribution in [-0.4, -0.2) is 4.98 Å². The Labute approximate surface area is 77.4 Å². The zero-order valence-corrected chi connectivity index (χ0v) is 7.68. The maximum Gasteiger partial charge on any atom is 0.125 e. The highest BCUT2D eigenvalue weighted by Gasteiger charge is 1.96. The van der Waals surface area contributed by atoms with E-state index in [1.165, 1.54) is 12.1 Å². The van der Waals surface area contributed by atoms with E-state index in [0.29, 0.717) is 5.52 Å². The molecule has 0 aliphatic heterocycles. The Bertz CT molecular complexity index is 391. The van der Waals surface area contributed by atoms with Crippen LogP contribution in [0.3, 0.4) is 0 Å². The third kappa shape index (κ3) is 1.32. The highest BCUT2D eigenvalue weighted by atomic mass is 79.9. The molecule has 12 heavy (non-hydrogen) atoms. The normalized spacial score (nSPS) is 10.5. The number of hydrogen-bond acceptors (Lipinski definition) is 1. The van der Waals surface area contributed by atoms with Crippen LogP contribution in [0.15, 0.2) is 34.9 Å². The Balaban J connectivity index is 2.80. The van der Waals surface area contributed by atoms with Gasteiger partial charge in [-0.1, -0.05) is 6.07 Å². The zero-order chi connectivity index (χ0) is 8.55. The van der Waals surface area contributed by atoms with E-state index in [1.54, 1.807) is 6.07 Å². The van der Waals surface area contributed by atoms with E-state index in [9.17, 15) is 4.39 Å². The van der Waals surface area contributed by atoms with Gasteiger partial charge in [0.1, 0.15) is 10.4 Å². The molecule has 3 heteroatoms. The topological polar surface area (TPSA) is 12.9 Å². The van der Waals surface area contributed by atoms with Crippen LogP contribution in [0, 0.1) is 5.82 Å². The van der Waals surface area contributed by atoms with Gasteiger partial charge in [0.25, 0.3) is 0 Å². The molecule has 0 atom stereocenters. The third-order valence-corrected chi connectivity index (χ3v) is 2.06. The molecule has 2 aromatic rings. The Hall–Kier alpha value is -0.960. The quantitative estimate of drug-likeness (QED) is 0.629. The summed E-state index contributed by atoms with van der Waals surface area (Å²) in [5.41, 5.74) is 0.671. The van der Waals surface area contributed by atoms with Crippen molar-refractivity contribution in [3.8, 4) is 0 Å². The molecule has 0 radical (unpaired) electrons. The minimum atomic E-state index is -0.256. The standard InChI is InChI=1S/C9H5BrFN/c10-9-4-2-6-1-3-7(11)5-8(6)12-9/h1-5H. The average Bonchev–Trinajstić information content (AvgIpc) is 2.03. The Morgan fingerprint density at radius 1 is 1.17 bits per heavy atom. The minimum Gasteiger partial charge on any atom is -0.241 e. The lowest BCUT2D eigenvalue weighted by Gasteiger charge is -1.96. The molecule has 0 aliphatic rings. The van der Waals surface area contributed by atoms with Gasteiger partial charge in [-0.25, -0.2) is 9.37 Å². The van der Waals surface area contributed by atoms with Gasteiger partial charge in [-0.05, 0) is 34.1 Å². The van der Waals surface area contributed by atoms with Gasteiger partial charge in [0.15, 0.2) is 0 Å². The summed E-state index contributed by atoms with van der Waals surface area (Å²) < 4.78 is 13.4. The molecule has 0 unspecified atom stereocenters. The summed E-state index contributed by atoms with van der Waals surface area (Å²) in [5.74, 6) is -0.256. The van der Waals surface area contributed by atoms with Crippen molar-refractivity contribution >= 4 is 26.8 Å². The van der Waals surface area contributed by atoms with Gasteiger partial charge < -0.3 is 0 Å². The van der Waals surface area contributed by atoms with Crippen molar-refractivity contribution in [3.63, 3.8) is 0 Å². The SMILES string of the molecule is Fc1ccc2ccc(Br)nc2c1. The monoisotopic (exact) mass is 225 g/mol. The van der Waals surface area contributed by atoms with Crippen LogP contribution >= 0.6 is 15.9 Å². The molecule has 1 nitrogen and oxygen atoms in total. The molecule has 1 heterocycles. The molecule has 2 rings (SSSR count). The second kappa shape index (κ2) is 2.83. The Morgan fingerprint density at radius 3 is 2.75 bits per heavy atom. The molecule has 0 fully saturated rings. The first-order valence-electron chi connectivity index (χ1n) is 3.47. The molecule has 0 spiro atoms.